The Morgan fingerprint density at radius 2 is 2.18 bits per heavy atom. The van der Waals surface area contributed by atoms with Gasteiger partial charge in [-0.25, -0.2) is 18.1 Å². The molecule has 0 saturated heterocycles. The number of nitrogens with two attached hydrogens (primary N) is 1. The predicted molar refractivity (Wildman–Crippen MR) is 58.5 cm³/mol. The van der Waals surface area contributed by atoms with E-state index in [2.05, 4.69) is 19.9 Å². The predicted octanol–water partition coefficient (Wildman–Crippen LogP) is 0.156. The number of rotatable bonds is 3. The molecule has 0 aliphatic carbocycles. The normalized spacial score (nSPS) is 11.4. The fraction of sp³-hybridized carbons (Fsp3) is 0.125. The molecule has 2 aromatic rings. The van der Waals surface area contributed by atoms with E-state index in [1.54, 1.807) is 6.92 Å². The van der Waals surface area contributed by atoms with E-state index in [0.717, 1.165) is 0 Å². The number of anilines is 2. The summed E-state index contributed by atoms with van der Waals surface area (Å²) in [6.45, 7) is 1.55. The third-order valence-corrected chi connectivity index (χ3v) is 3.13. The maximum absolute atomic E-state index is 11.8. The zero-order chi connectivity index (χ0) is 12.5. The first kappa shape index (κ1) is 11.3. The quantitative estimate of drug-likeness (QED) is 0.800. The van der Waals surface area contributed by atoms with Crippen LogP contribution in [-0.2, 0) is 10.0 Å². The van der Waals surface area contributed by atoms with Gasteiger partial charge in [-0.1, -0.05) is 5.10 Å². The first-order chi connectivity index (χ1) is 7.97. The monoisotopic (exact) mass is 255 g/mol. The largest absolute Gasteiger partial charge is 0.408 e. The van der Waals surface area contributed by atoms with Gasteiger partial charge in [-0.2, -0.15) is 0 Å². The molecule has 0 saturated carbocycles. The van der Waals surface area contributed by atoms with E-state index in [4.69, 9.17) is 10.2 Å². The standard InChI is InChI=1S/C8H9N5O3S/c1-5-11-12-8(16-5)13-17(14,15)6-2-3-10-7(9)4-6/h2-4H,1H3,(H2,9,10)(H,12,13). The third-order valence-electron chi connectivity index (χ3n) is 1.81. The summed E-state index contributed by atoms with van der Waals surface area (Å²) < 4.78 is 30.7. The Hall–Kier alpha value is -2.16. The van der Waals surface area contributed by atoms with Crippen molar-refractivity contribution < 1.29 is 12.8 Å². The highest BCUT2D eigenvalue weighted by Gasteiger charge is 2.17. The third kappa shape index (κ3) is 2.50. The van der Waals surface area contributed by atoms with Gasteiger partial charge in [0, 0.05) is 19.2 Å². The smallest absolute Gasteiger partial charge is 0.329 e. The molecule has 0 aromatic carbocycles. The summed E-state index contributed by atoms with van der Waals surface area (Å²) in [5.74, 6) is 0.367. The Balaban J connectivity index is 2.31. The van der Waals surface area contributed by atoms with Crippen LogP contribution in [0.2, 0.25) is 0 Å². The Morgan fingerprint density at radius 1 is 1.41 bits per heavy atom. The lowest BCUT2D eigenvalue weighted by atomic mass is 10.5. The van der Waals surface area contributed by atoms with Gasteiger partial charge >= 0.3 is 6.01 Å². The summed E-state index contributed by atoms with van der Waals surface area (Å²) in [4.78, 5) is 3.67. The van der Waals surface area contributed by atoms with Crippen LogP contribution >= 0.6 is 0 Å². The van der Waals surface area contributed by atoms with E-state index in [-0.39, 0.29) is 22.6 Å². The fourth-order valence-electron chi connectivity index (χ4n) is 1.11. The second kappa shape index (κ2) is 4.01. The van der Waals surface area contributed by atoms with E-state index >= 15 is 0 Å². The minimum atomic E-state index is -3.79. The molecular weight excluding hydrogens is 246 g/mol. The first-order valence-corrected chi connectivity index (χ1v) is 6.00. The van der Waals surface area contributed by atoms with Crippen molar-refractivity contribution in [3.8, 4) is 0 Å². The van der Waals surface area contributed by atoms with Crippen molar-refractivity contribution in [2.75, 3.05) is 10.5 Å². The number of pyridine rings is 1. The number of hydrogen-bond donors (Lipinski definition) is 2. The summed E-state index contributed by atoms with van der Waals surface area (Å²) in [6, 6.07) is 2.34. The molecule has 17 heavy (non-hydrogen) atoms. The topological polar surface area (TPSA) is 124 Å². The number of nitrogen functional groups attached to an aromatic ring is 1. The molecule has 0 fully saturated rings. The maximum atomic E-state index is 11.8. The minimum absolute atomic E-state index is 0.0270. The Bertz CT molecular complexity index is 636. The molecule has 0 spiro atoms. The Labute approximate surface area is 96.9 Å². The number of aryl methyl sites for hydroxylation is 1. The number of nitrogens with one attached hydrogen (secondary N) is 1. The van der Waals surface area contributed by atoms with Crippen molar-refractivity contribution in [3.63, 3.8) is 0 Å². The Kier molecular flexibility index (Phi) is 2.68. The zero-order valence-electron chi connectivity index (χ0n) is 8.78. The summed E-state index contributed by atoms with van der Waals surface area (Å²) in [7, 11) is -3.79. The SMILES string of the molecule is Cc1nnc(NS(=O)(=O)c2ccnc(N)c2)o1. The van der Waals surface area contributed by atoms with E-state index in [9.17, 15) is 8.42 Å². The maximum Gasteiger partial charge on any atom is 0.329 e. The molecule has 0 amide bonds. The van der Waals surface area contributed by atoms with Crippen molar-refractivity contribution in [1.29, 1.82) is 0 Å². The van der Waals surface area contributed by atoms with Gasteiger partial charge in [0.25, 0.3) is 10.0 Å². The van der Waals surface area contributed by atoms with Gasteiger partial charge in [-0.3, -0.25) is 0 Å². The van der Waals surface area contributed by atoms with Crippen LogP contribution in [0.15, 0.2) is 27.6 Å². The molecule has 90 valence electrons. The summed E-state index contributed by atoms with van der Waals surface area (Å²) >= 11 is 0. The molecule has 0 bridgehead atoms. The molecule has 2 aromatic heterocycles. The summed E-state index contributed by atoms with van der Waals surface area (Å²) in [5, 5.41) is 7.03. The molecule has 0 aliphatic rings. The average Bonchev–Trinajstić information content (AvgIpc) is 2.63. The van der Waals surface area contributed by atoms with Crippen molar-refractivity contribution in [1.82, 2.24) is 15.2 Å². The average molecular weight is 255 g/mol. The van der Waals surface area contributed by atoms with E-state index < -0.39 is 10.0 Å². The molecular formula is C8H9N5O3S. The first-order valence-electron chi connectivity index (χ1n) is 4.52. The van der Waals surface area contributed by atoms with E-state index in [1.807, 2.05) is 0 Å². The highest BCUT2D eigenvalue weighted by molar-refractivity contribution is 7.92. The van der Waals surface area contributed by atoms with Crippen molar-refractivity contribution in [2.45, 2.75) is 11.8 Å². The second-order valence-corrected chi connectivity index (χ2v) is 4.83. The van der Waals surface area contributed by atoms with Gasteiger partial charge in [0.05, 0.1) is 4.90 Å². The lowest BCUT2D eigenvalue weighted by Crippen LogP contribution is -2.13. The van der Waals surface area contributed by atoms with Crippen LogP contribution in [0, 0.1) is 6.92 Å². The molecule has 0 unspecified atom stereocenters. The molecule has 8 nitrogen and oxygen atoms in total. The molecule has 0 atom stereocenters. The van der Waals surface area contributed by atoms with Gasteiger partial charge in [0.2, 0.25) is 5.89 Å². The highest BCUT2D eigenvalue weighted by Crippen LogP contribution is 2.15. The fourth-order valence-corrected chi connectivity index (χ4v) is 2.05. The molecule has 0 radical (unpaired) electrons. The highest BCUT2D eigenvalue weighted by atomic mass is 32.2. The molecule has 2 rings (SSSR count). The number of sulfonamides is 1. The van der Waals surface area contributed by atoms with E-state index in [1.165, 1.54) is 18.3 Å². The van der Waals surface area contributed by atoms with Gasteiger partial charge in [-0.15, -0.1) is 5.10 Å². The number of hydrogen-bond acceptors (Lipinski definition) is 7. The van der Waals surface area contributed by atoms with Crippen LogP contribution in [0.1, 0.15) is 5.89 Å². The van der Waals surface area contributed by atoms with Crippen LogP contribution in [0.4, 0.5) is 11.8 Å². The molecule has 3 N–H and O–H groups in total. The van der Waals surface area contributed by atoms with Gasteiger partial charge in [-0.05, 0) is 6.07 Å². The lowest BCUT2D eigenvalue weighted by molar-refractivity contribution is 0.534. The van der Waals surface area contributed by atoms with Crippen LogP contribution in [-0.4, -0.2) is 23.6 Å². The summed E-state index contributed by atoms with van der Waals surface area (Å²) in [5.41, 5.74) is 5.40. The van der Waals surface area contributed by atoms with Crippen molar-refractivity contribution in [3.05, 3.63) is 24.2 Å². The van der Waals surface area contributed by atoms with Crippen LogP contribution in [0.3, 0.4) is 0 Å². The van der Waals surface area contributed by atoms with E-state index in [0.29, 0.717) is 0 Å². The van der Waals surface area contributed by atoms with Crippen LogP contribution in [0.25, 0.3) is 0 Å². The van der Waals surface area contributed by atoms with Gasteiger partial charge in [0.15, 0.2) is 0 Å². The summed E-state index contributed by atoms with van der Waals surface area (Å²) in [6.07, 6.45) is 1.29. The number of aromatic nitrogens is 3. The molecule has 0 aliphatic heterocycles. The van der Waals surface area contributed by atoms with Gasteiger partial charge in [0.1, 0.15) is 5.82 Å². The zero-order valence-corrected chi connectivity index (χ0v) is 9.60. The molecule has 9 heteroatoms. The van der Waals surface area contributed by atoms with Crippen LogP contribution < -0.4 is 10.5 Å². The van der Waals surface area contributed by atoms with Crippen molar-refractivity contribution in [2.24, 2.45) is 0 Å². The minimum Gasteiger partial charge on any atom is -0.408 e. The number of nitrogens with zero attached hydrogens (tertiary/aromatic N) is 3. The second-order valence-electron chi connectivity index (χ2n) is 3.15. The molecule has 2 heterocycles. The van der Waals surface area contributed by atoms with Crippen LogP contribution in [0.5, 0.6) is 0 Å². The van der Waals surface area contributed by atoms with Crippen molar-refractivity contribution >= 4 is 21.9 Å². The van der Waals surface area contributed by atoms with Gasteiger partial charge < -0.3 is 10.2 Å². The Morgan fingerprint density at radius 3 is 2.76 bits per heavy atom. The lowest BCUT2D eigenvalue weighted by Gasteiger charge is -2.03.